The van der Waals surface area contributed by atoms with E-state index < -0.39 is 5.97 Å². The number of anilines is 1. The van der Waals surface area contributed by atoms with Crippen molar-refractivity contribution >= 4 is 17.4 Å². The second-order valence-corrected chi connectivity index (χ2v) is 6.99. The molecule has 0 spiro atoms. The Balaban J connectivity index is 1.81. The van der Waals surface area contributed by atoms with Crippen molar-refractivity contribution in [1.82, 2.24) is 14.6 Å². The zero-order chi connectivity index (χ0) is 22.3. The Hall–Kier alpha value is -3.75. The van der Waals surface area contributed by atoms with Gasteiger partial charge in [-0.1, -0.05) is 48.5 Å². The van der Waals surface area contributed by atoms with Crippen LogP contribution in [0.25, 0.3) is 28.0 Å². The summed E-state index contributed by atoms with van der Waals surface area (Å²) in [5.41, 5.74) is 4.22. The van der Waals surface area contributed by atoms with Crippen LogP contribution in [0.15, 0.2) is 66.9 Å². The Kier molecular flexibility index (Phi) is 6.74. The minimum atomic E-state index is -0.418. The van der Waals surface area contributed by atoms with E-state index in [0.717, 1.165) is 22.6 Å². The number of aromatic nitrogens is 3. The summed E-state index contributed by atoms with van der Waals surface area (Å²) in [6, 6.07) is 19.0. The van der Waals surface area contributed by atoms with Gasteiger partial charge in [-0.25, -0.2) is 9.78 Å². The van der Waals surface area contributed by atoms with Crippen LogP contribution in [0.2, 0.25) is 0 Å². The quantitative estimate of drug-likeness (QED) is 0.309. The number of ether oxygens (including phenoxy) is 2. The molecule has 164 valence electrons. The fraction of sp³-hybridized carbons (Fsp3) is 0.208. The molecule has 2 aromatic carbocycles. The molecule has 0 bridgehead atoms. The smallest absolute Gasteiger partial charge is 0.338 e. The molecule has 0 saturated carbocycles. The predicted octanol–water partition coefficient (Wildman–Crippen LogP) is 3.27. The summed E-state index contributed by atoms with van der Waals surface area (Å²) in [6.07, 6.45) is 1.70. The lowest BCUT2D eigenvalue weighted by Gasteiger charge is -2.12. The van der Waals surface area contributed by atoms with Gasteiger partial charge in [0.05, 0.1) is 44.4 Å². The van der Waals surface area contributed by atoms with Crippen molar-refractivity contribution in [2.75, 3.05) is 38.8 Å². The molecule has 32 heavy (non-hydrogen) atoms. The van der Waals surface area contributed by atoms with Crippen LogP contribution in [-0.4, -0.2) is 59.1 Å². The molecule has 2 aromatic heterocycles. The van der Waals surface area contributed by atoms with Crippen molar-refractivity contribution in [2.45, 2.75) is 0 Å². The number of nitrogens with one attached hydrogen (secondary N) is 1. The van der Waals surface area contributed by atoms with Crippen molar-refractivity contribution in [3.05, 3.63) is 72.4 Å². The minimum Gasteiger partial charge on any atom is -0.465 e. The molecule has 0 radical (unpaired) electrons. The number of nitrogens with zero attached hydrogens (tertiary/aromatic N) is 3. The molecule has 4 rings (SSSR count). The summed E-state index contributed by atoms with van der Waals surface area (Å²) >= 11 is 0. The first-order valence-electron chi connectivity index (χ1n) is 10.3. The van der Waals surface area contributed by atoms with E-state index in [2.05, 4.69) is 10.4 Å². The fourth-order valence-corrected chi connectivity index (χ4v) is 3.46. The van der Waals surface area contributed by atoms with Gasteiger partial charge in [-0.2, -0.15) is 9.61 Å². The van der Waals surface area contributed by atoms with Crippen LogP contribution in [0.4, 0.5) is 5.82 Å². The highest BCUT2D eigenvalue weighted by molar-refractivity contribution is 5.99. The zero-order valence-corrected chi connectivity index (χ0v) is 17.7. The van der Waals surface area contributed by atoms with E-state index in [1.807, 2.05) is 48.5 Å². The number of rotatable bonds is 9. The van der Waals surface area contributed by atoms with Gasteiger partial charge in [0.15, 0.2) is 5.65 Å². The third-order valence-electron chi connectivity index (χ3n) is 4.95. The Bertz CT molecular complexity index is 1210. The molecule has 0 unspecified atom stereocenters. The summed E-state index contributed by atoms with van der Waals surface area (Å²) < 4.78 is 12.0. The maximum atomic E-state index is 12.3. The molecule has 8 nitrogen and oxygen atoms in total. The molecule has 0 aliphatic rings. The number of hydrogen-bond donors (Lipinski definition) is 2. The first-order valence-corrected chi connectivity index (χ1v) is 10.3. The summed E-state index contributed by atoms with van der Waals surface area (Å²) in [7, 11) is 1.36. The Morgan fingerprint density at radius 2 is 1.84 bits per heavy atom. The summed E-state index contributed by atoms with van der Waals surface area (Å²) in [5, 5.41) is 16.7. The normalized spacial score (nSPS) is 10.9. The second-order valence-electron chi connectivity index (χ2n) is 6.99. The van der Waals surface area contributed by atoms with Gasteiger partial charge in [0.25, 0.3) is 0 Å². The lowest BCUT2D eigenvalue weighted by atomic mass is 10.0. The van der Waals surface area contributed by atoms with E-state index in [9.17, 15) is 4.79 Å². The first-order chi connectivity index (χ1) is 15.7. The van der Waals surface area contributed by atoms with E-state index in [1.165, 1.54) is 7.11 Å². The molecular formula is C24H24N4O4. The molecule has 0 amide bonds. The molecular weight excluding hydrogens is 408 g/mol. The van der Waals surface area contributed by atoms with Crippen LogP contribution in [-0.2, 0) is 9.47 Å². The average Bonchev–Trinajstić information content (AvgIpc) is 3.28. The van der Waals surface area contributed by atoms with Gasteiger partial charge in [-0.3, -0.25) is 0 Å². The number of benzene rings is 2. The van der Waals surface area contributed by atoms with Crippen LogP contribution in [0.5, 0.6) is 0 Å². The van der Waals surface area contributed by atoms with Crippen LogP contribution in [0, 0.1) is 0 Å². The topological polar surface area (TPSA) is 98.0 Å². The Morgan fingerprint density at radius 3 is 2.62 bits per heavy atom. The highest BCUT2D eigenvalue weighted by Crippen LogP contribution is 2.31. The molecule has 0 aliphatic carbocycles. The minimum absolute atomic E-state index is 0.0141. The second kappa shape index (κ2) is 10.0. The number of carbonyl (C=O) groups is 1. The molecule has 8 heteroatoms. The number of aliphatic hydroxyl groups is 1. The number of aliphatic hydroxyl groups excluding tert-OH is 1. The monoisotopic (exact) mass is 432 g/mol. The molecule has 0 fully saturated rings. The van der Waals surface area contributed by atoms with Crippen LogP contribution >= 0.6 is 0 Å². The number of esters is 1. The van der Waals surface area contributed by atoms with Crippen molar-refractivity contribution < 1.29 is 19.4 Å². The third-order valence-corrected chi connectivity index (χ3v) is 4.95. The van der Waals surface area contributed by atoms with Gasteiger partial charge in [0.1, 0.15) is 5.82 Å². The van der Waals surface area contributed by atoms with E-state index in [0.29, 0.717) is 36.5 Å². The maximum Gasteiger partial charge on any atom is 0.338 e. The van der Waals surface area contributed by atoms with Crippen LogP contribution < -0.4 is 5.32 Å². The van der Waals surface area contributed by atoms with E-state index in [-0.39, 0.29) is 6.61 Å². The maximum absolute atomic E-state index is 12.3. The lowest BCUT2D eigenvalue weighted by molar-refractivity contribution is 0.0601. The summed E-state index contributed by atoms with van der Waals surface area (Å²) in [5.74, 6) is 0.321. The first kappa shape index (κ1) is 21.5. The van der Waals surface area contributed by atoms with Gasteiger partial charge in [0.2, 0.25) is 0 Å². The Labute approximate surface area is 185 Å². The fourth-order valence-electron chi connectivity index (χ4n) is 3.46. The molecule has 0 aliphatic heterocycles. The lowest BCUT2D eigenvalue weighted by Crippen LogP contribution is -2.14. The van der Waals surface area contributed by atoms with Crippen molar-refractivity contribution in [3.8, 4) is 22.4 Å². The molecule has 2 N–H and O–H groups in total. The highest BCUT2D eigenvalue weighted by Gasteiger charge is 2.19. The number of fused-ring (bicyclic) bond motifs is 1. The Morgan fingerprint density at radius 1 is 1.06 bits per heavy atom. The molecule has 0 saturated heterocycles. The van der Waals surface area contributed by atoms with Gasteiger partial charge >= 0.3 is 5.97 Å². The average molecular weight is 432 g/mol. The van der Waals surface area contributed by atoms with Gasteiger partial charge in [0, 0.05) is 29.3 Å². The summed E-state index contributed by atoms with van der Waals surface area (Å²) in [6.45, 7) is 1.24. The largest absolute Gasteiger partial charge is 0.465 e. The third kappa shape index (κ3) is 4.46. The summed E-state index contributed by atoms with van der Waals surface area (Å²) in [4.78, 5) is 17.2. The van der Waals surface area contributed by atoms with Crippen LogP contribution in [0.3, 0.4) is 0 Å². The zero-order valence-electron chi connectivity index (χ0n) is 17.7. The number of carbonyl (C=O) groups excluding carboxylic acids is 1. The predicted molar refractivity (Wildman–Crippen MR) is 122 cm³/mol. The highest BCUT2D eigenvalue weighted by atomic mass is 16.5. The molecule has 0 atom stereocenters. The van der Waals surface area contributed by atoms with E-state index in [1.54, 1.807) is 22.8 Å². The molecule has 4 aromatic rings. The van der Waals surface area contributed by atoms with E-state index >= 15 is 0 Å². The number of hydrogen-bond acceptors (Lipinski definition) is 7. The molecule has 2 heterocycles. The van der Waals surface area contributed by atoms with Gasteiger partial charge in [-0.05, 0) is 6.07 Å². The van der Waals surface area contributed by atoms with Crippen molar-refractivity contribution in [1.29, 1.82) is 0 Å². The van der Waals surface area contributed by atoms with Crippen molar-refractivity contribution in [2.24, 2.45) is 0 Å². The number of methoxy groups -OCH3 is 1. The standard InChI is InChI=1S/C24H24N4O4/c1-31-24(30)19-10-6-5-9-18(19)20-16-26-28-22(25-11-13-32-14-12-29)15-21(27-23(20)28)17-7-3-2-4-8-17/h2-10,15-16,25,29H,11-14H2,1H3. The SMILES string of the molecule is COC(=O)c1ccccc1-c1cnn2c(NCCOCCO)cc(-c3ccccc3)nc12. The van der Waals surface area contributed by atoms with Crippen molar-refractivity contribution in [3.63, 3.8) is 0 Å². The van der Waals surface area contributed by atoms with Gasteiger partial charge in [-0.15, -0.1) is 0 Å². The van der Waals surface area contributed by atoms with Crippen LogP contribution in [0.1, 0.15) is 10.4 Å². The van der Waals surface area contributed by atoms with E-state index in [4.69, 9.17) is 19.6 Å². The van der Waals surface area contributed by atoms with Gasteiger partial charge < -0.3 is 19.9 Å².